The zero-order valence-corrected chi connectivity index (χ0v) is 12.1. The van der Waals surface area contributed by atoms with Gasteiger partial charge in [0.1, 0.15) is 5.82 Å². The molecule has 1 amide bonds. The lowest BCUT2D eigenvalue weighted by molar-refractivity contribution is -0.126. The number of hydrogen-bond acceptors (Lipinski definition) is 4. The highest BCUT2D eigenvalue weighted by molar-refractivity contribution is 5.87. The first kappa shape index (κ1) is 13.5. The Labute approximate surface area is 123 Å². The smallest absolute Gasteiger partial charge is 0.246 e. The molecule has 0 atom stereocenters. The number of allylic oxidation sites excluding steroid dienone is 1. The highest BCUT2D eigenvalue weighted by Gasteiger charge is 2.20. The van der Waals surface area contributed by atoms with E-state index in [-0.39, 0.29) is 5.91 Å². The zero-order valence-electron chi connectivity index (χ0n) is 12.1. The number of anilines is 1. The van der Waals surface area contributed by atoms with Gasteiger partial charge < -0.3 is 9.80 Å². The molecule has 1 aromatic carbocycles. The molecule has 1 saturated heterocycles. The summed E-state index contributed by atoms with van der Waals surface area (Å²) in [5.74, 6) is 0.966. The Bertz CT molecular complexity index is 675. The lowest BCUT2D eigenvalue weighted by Crippen LogP contribution is -2.48. The largest absolute Gasteiger partial charge is 0.352 e. The van der Waals surface area contributed by atoms with Crippen LogP contribution in [-0.4, -0.2) is 47.0 Å². The van der Waals surface area contributed by atoms with Crippen molar-refractivity contribution in [1.82, 2.24) is 14.9 Å². The van der Waals surface area contributed by atoms with Crippen LogP contribution < -0.4 is 4.90 Å². The number of benzene rings is 1. The number of amides is 1. The number of aromatic nitrogens is 2. The van der Waals surface area contributed by atoms with Gasteiger partial charge in [-0.3, -0.25) is 9.78 Å². The van der Waals surface area contributed by atoms with Crippen LogP contribution in [0, 0.1) is 0 Å². The van der Waals surface area contributed by atoms with Crippen LogP contribution in [-0.2, 0) is 4.79 Å². The minimum atomic E-state index is 0.0849. The average Bonchev–Trinajstić information content (AvgIpc) is 2.55. The SMILES string of the molecule is C/C=C/C(=O)N1CCN(c2cnc3ccccc3n2)CC1. The van der Waals surface area contributed by atoms with Gasteiger partial charge in [0.25, 0.3) is 0 Å². The standard InChI is InChI=1S/C16H18N4O/c1-2-5-16(21)20-10-8-19(9-11-20)15-12-17-13-6-3-4-7-14(13)18-15/h2-7,12H,8-11H2,1H3/b5-2+. The molecule has 3 rings (SSSR count). The fourth-order valence-corrected chi connectivity index (χ4v) is 2.50. The highest BCUT2D eigenvalue weighted by atomic mass is 16.2. The molecular weight excluding hydrogens is 264 g/mol. The maximum Gasteiger partial charge on any atom is 0.246 e. The van der Waals surface area contributed by atoms with Gasteiger partial charge in [-0.25, -0.2) is 4.98 Å². The van der Waals surface area contributed by atoms with Gasteiger partial charge in [-0.05, 0) is 25.1 Å². The van der Waals surface area contributed by atoms with Crippen molar-refractivity contribution in [3.05, 3.63) is 42.6 Å². The van der Waals surface area contributed by atoms with Crippen molar-refractivity contribution in [3.8, 4) is 0 Å². The third-order valence-electron chi connectivity index (χ3n) is 3.66. The number of carbonyl (C=O) groups is 1. The van der Waals surface area contributed by atoms with Crippen LogP contribution in [0.1, 0.15) is 6.92 Å². The summed E-state index contributed by atoms with van der Waals surface area (Å²) in [7, 11) is 0. The van der Waals surface area contributed by atoms with Crippen molar-refractivity contribution in [2.24, 2.45) is 0 Å². The summed E-state index contributed by atoms with van der Waals surface area (Å²) in [6, 6.07) is 7.86. The summed E-state index contributed by atoms with van der Waals surface area (Å²) >= 11 is 0. The lowest BCUT2D eigenvalue weighted by atomic mass is 10.3. The Kier molecular flexibility index (Phi) is 3.81. The van der Waals surface area contributed by atoms with Gasteiger partial charge in [-0.2, -0.15) is 0 Å². The first-order chi connectivity index (χ1) is 10.3. The van der Waals surface area contributed by atoms with Gasteiger partial charge in [0.15, 0.2) is 0 Å². The van der Waals surface area contributed by atoms with Crippen LogP contribution >= 0.6 is 0 Å². The summed E-state index contributed by atoms with van der Waals surface area (Å²) in [5.41, 5.74) is 1.81. The van der Waals surface area contributed by atoms with E-state index >= 15 is 0 Å². The second-order valence-electron chi connectivity index (χ2n) is 5.03. The topological polar surface area (TPSA) is 49.3 Å². The first-order valence-corrected chi connectivity index (χ1v) is 7.16. The van der Waals surface area contributed by atoms with E-state index in [1.807, 2.05) is 42.3 Å². The van der Waals surface area contributed by atoms with Crippen LogP contribution in [0.2, 0.25) is 0 Å². The summed E-state index contributed by atoms with van der Waals surface area (Å²) in [4.78, 5) is 24.9. The molecule has 108 valence electrons. The first-order valence-electron chi connectivity index (χ1n) is 7.16. The van der Waals surface area contributed by atoms with Crippen molar-refractivity contribution in [2.45, 2.75) is 6.92 Å². The second kappa shape index (κ2) is 5.91. The van der Waals surface area contributed by atoms with Gasteiger partial charge in [0.2, 0.25) is 5.91 Å². The number of nitrogens with zero attached hydrogens (tertiary/aromatic N) is 4. The van der Waals surface area contributed by atoms with E-state index in [4.69, 9.17) is 0 Å². The molecule has 0 aliphatic carbocycles. The number of carbonyl (C=O) groups excluding carboxylic acids is 1. The van der Waals surface area contributed by atoms with Crippen LogP contribution in [0.3, 0.4) is 0 Å². The molecule has 21 heavy (non-hydrogen) atoms. The normalized spacial score (nSPS) is 15.9. The van der Waals surface area contributed by atoms with Crippen LogP contribution in [0.5, 0.6) is 0 Å². The maximum absolute atomic E-state index is 11.8. The minimum absolute atomic E-state index is 0.0849. The Hall–Kier alpha value is -2.43. The molecular formula is C16H18N4O. The fraction of sp³-hybridized carbons (Fsp3) is 0.312. The second-order valence-corrected chi connectivity index (χ2v) is 5.03. The minimum Gasteiger partial charge on any atom is -0.352 e. The fourth-order valence-electron chi connectivity index (χ4n) is 2.50. The lowest BCUT2D eigenvalue weighted by Gasteiger charge is -2.34. The molecule has 0 N–H and O–H groups in total. The number of para-hydroxylation sites is 2. The van der Waals surface area contributed by atoms with Gasteiger partial charge in [-0.15, -0.1) is 0 Å². The Balaban J connectivity index is 1.72. The van der Waals surface area contributed by atoms with Gasteiger partial charge >= 0.3 is 0 Å². The van der Waals surface area contributed by atoms with Crippen LogP contribution in [0.15, 0.2) is 42.6 Å². The van der Waals surface area contributed by atoms with E-state index in [0.717, 1.165) is 43.0 Å². The van der Waals surface area contributed by atoms with Crippen LogP contribution in [0.4, 0.5) is 5.82 Å². The molecule has 0 saturated carbocycles. The van der Waals surface area contributed by atoms with E-state index in [1.165, 1.54) is 0 Å². The van der Waals surface area contributed by atoms with Gasteiger partial charge in [0.05, 0.1) is 17.2 Å². The van der Waals surface area contributed by atoms with E-state index in [1.54, 1.807) is 12.2 Å². The van der Waals surface area contributed by atoms with E-state index in [2.05, 4.69) is 14.9 Å². The van der Waals surface area contributed by atoms with E-state index in [0.29, 0.717) is 0 Å². The van der Waals surface area contributed by atoms with Crippen molar-refractivity contribution in [2.75, 3.05) is 31.1 Å². The molecule has 1 aliphatic rings. The molecule has 0 bridgehead atoms. The highest BCUT2D eigenvalue weighted by Crippen LogP contribution is 2.17. The molecule has 0 radical (unpaired) electrons. The Morgan fingerprint density at radius 1 is 1.14 bits per heavy atom. The molecule has 1 aromatic heterocycles. The van der Waals surface area contributed by atoms with E-state index in [9.17, 15) is 4.79 Å². The summed E-state index contributed by atoms with van der Waals surface area (Å²) in [5, 5.41) is 0. The Morgan fingerprint density at radius 2 is 1.86 bits per heavy atom. The predicted molar refractivity (Wildman–Crippen MR) is 83.1 cm³/mol. The third-order valence-corrected chi connectivity index (χ3v) is 3.66. The van der Waals surface area contributed by atoms with E-state index < -0.39 is 0 Å². The van der Waals surface area contributed by atoms with Crippen molar-refractivity contribution in [1.29, 1.82) is 0 Å². The number of fused-ring (bicyclic) bond motifs is 1. The molecule has 2 heterocycles. The van der Waals surface area contributed by atoms with Crippen molar-refractivity contribution >= 4 is 22.8 Å². The predicted octanol–water partition coefficient (Wildman–Crippen LogP) is 1.85. The number of rotatable bonds is 2. The molecule has 2 aromatic rings. The molecule has 0 unspecified atom stereocenters. The quantitative estimate of drug-likeness (QED) is 0.789. The van der Waals surface area contributed by atoms with Crippen molar-refractivity contribution in [3.63, 3.8) is 0 Å². The maximum atomic E-state index is 11.8. The summed E-state index contributed by atoms with van der Waals surface area (Å²) in [6.45, 7) is 4.88. The molecule has 0 spiro atoms. The summed E-state index contributed by atoms with van der Waals surface area (Å²) in [6.07, 6.45) is 5.21. The van der Waals surface area contributed by atoms with Gasteiger partial charge in [-0.1, -0.05) is 18.2 Å². The molecule has 5 heteroatoms. The third kappa shape index (κ3) is 2.86. The zero-order chi connectivity index (χ0) is 14.7. The molecule has 1 fully saturated rings. The summed E-state index contributed by atoms with van der Waals surface area (Å²) < 4.78 is 0. The number of hydrogen-bond donors (Lipinski definition) is 0. The number of piperazine rings is 1. The Morgan fingerprint density at radius 3 is 2.57 bits per heavy atom. The van der Waals surface area contributed by atoms with Gasteiger partial charge in [0, 0.05) is 26.2 Å². The van der Waals surface area contributed by atoms with Crippen molar-refractivity contribution < 1.29 is 4.79 Å². The molecule has 5 nitrogen and oxygen atoms in total. The monoisotopic (exact) mass is 282 g/mol. The van der Waals surface area contributed by atoms with Crippen LogP contribution in [0.25, 0.3) is 11.0 Å². The average molecular weight is 282 g/mol. The molecule has 1 aliphatic heterocycles.